The van der Waals surface area contributed by atoms with Gasteiger partial charge in [-0.05, 0) is 43.0 Å². The number of carbonyl (C=O) groups is 1. The van der Waals surface area contributed by atoms with Crippen molar-refractivity contribution in [2.75, 3.05) is 11.6 Å². The molecule has 2 aromatic carbocycles. The molecule has 2 aromatic rings. The highest BCUT2D eigenvalue weighted by Crippen LogP contribution is 2.33. The number of aryl methyl sites for hydroxylation is 1. The highest BCUT2D eigenvalue weighted by Gasteiger charge is 2.32. The van der Waals surface area contributed by atoms with Gasteiger partial charge in [0, 0.05) is 10.6 Å². The third-order valence-electron chi connectivity index (χ3n) is 3.15. The molecule has 0 unspecified atom stereocenters. The number of benzene rings is 2. The third-order valence-corrected chi connectivity index (χ3v) is 3.95. The van der Waals surface area contributed by atoms with Crippen molar-refractivity contribution in [2.45, 2.75) is 18.0 Å². The highest BCUT2D eigenvalue weighted by atomic mass is 32.2. The summed E-state index contributed by atoms with van der Waals surface area (Å²) < 4.78 is 38.7. The first-order chi connectivity index (χ1) is 10.3. The Bertz CT molecular complexity index is 698. The maximum atomic E-state index is 12.9. The van der Waals surface area contributed by atoms with Crippen molar-refractivity contribution < 1.29 is 18.0 Å². The fourth-order valence-electron chi connectivity index (χ4n) is 2.04. The maximum Gasteiger partial charge on any atom is 0.416 e. The highest BCUT2D eigenvalue weighted by molar-refractivity contribution is 7.98. The van der Waals surface area contributed by atoms with Gasteiger partial charge >= 0.3 is 6.18 Å². The summed E-state index contributed by atoms with van der Waals surface area (Å²) in [5, 5.41) is 2.52. The van der Waals surface area contributed by atoms with Crippen LogP contribution in [0.25, 0.3) is 0 Å². The Morgan fingerprint density at radius 2 is 1.82 bits per heavy atom. The molecule has 0 aromatic heterocycles. The van der Waals surface area contributed by atoms with E-state index in [1.165, 1.54) is 30.8 Å². The van der Waals surface area contributed by atoms with Crippen LogP contribution in [-0.2, 0) is 6.18 Å². The first kappa shape index (κ1) is 16.4. The second-order valence-electron chi connectivity index (χ2n) is 4.68. The van der Waals surface area contributed by atoms with Crippen LogP contribution in [0.2, 0.25) is 0 Å². The van der Waals surface area contributed by atoms with Gasteiger partial charge in [0.05, 0.1) is 11.1 Å². The lowest BCUT2D eigenvalue weighted by molar-refractivity contribution is -0.138. The van der Waals surface area contributed by atoms with Gasteiger partial charge in [-0.25, -0.2) is 0 Å². The predicted molar refractivity (Wildman–Crippen MR) is 82.4 cm³/mol. The Labute approximate surface area is 130 Å². The summed E-state index contributed by atoms with van der Waals surface area (Å²) in [5.74, 6) is -0.429. The van der Waals surface area contributed by atoms with Gasteiger partial charge in [-0.2, -0.15) is 13.2 Å². The van der Waals surface area contributed by atoms with E-state index in [1.54, 1.807) is 24.3 Å². The average molecular weight is 325 g/mol. The van der Waals surface area contributed by atoms with Crippen LogP contribution < -0.4 is 5.32 Å². The van der Waals surface area contributed by atoms with Crippen molar-refractivity contribution in [3.63, 3.8) is 0 Å². The van der Waals surface area contributed by atoms with Crippen molar-refractivity contribution in [2.24, 2.45) is 0 Å². The van der Waals surface area contributed by atoms with Crippen LogP contribution in [0.5, 0.6) is 0 Å². The lowest BCUT2D eigenvalue weighted by Crippen LogP contribution is -2.14. The molecule has 1 amide bonds. The summed E-state index contributed by atoms with van der Waals surface area (Å²) >= 11 is 1.40. The molecule has 0 fully saturated rings. The smallest absolute Gasteiger partial charge is 0.322 e. The van der Waals surface area contributed by atoms with Crippen molar-refractivity contribution in [1.29, 1.82) is 0 Å². The minimum absolute atomic E-state index is 0.120. The monoisotopic (exact) mass is 325 g/mol. The van der Waals surface area contributed by atoms with E-state index in [0.717, 1.165) is 11.0 Å². The number of carbonyl (C=O) groups excluding carboxylic acids is 1. The van der Waals surface area contributed by atoms with Gasteiger partial charge in [0.1, 0.15) is 0 Å². The number of anilines is 1. The summed E-state index contributed by atoms with van der Waals surface area (Å²) in [6, 6.07) is 10.7. The van der Waals surface area contributed by atoms with E-state index >= 15 is 0 Å². The van der Waals surface area contributed by atoms with Crippen molar-refractivity contribution >= 4 is 23.4 Å². The minimum atomic E-state index is -4.44. The number of halogens is 3. The number of hydrogen-bond acceptors (Lipinski definition) is 2. The first-order valence-electron chi connectivity index (χ1n) is 6.45. The second kappa shape index (κ2) is 6.44. The Kier molecular flexibility index (Phi) is 4.81. The van der Waals surface area contributed by atoms with Crippen molar-refractivity contribution in [1.82, 2.24) is 0 Å². The fourth-order valence-corrected chi connectivity index (χ4v) is 2.63. The molecule has 116 valence electrons. The molecule has 0 atom stereocenters. The minimum Gasteiger partial charge on any atom is -0.322 e. The van der Waals surface area contributed by atoms with E-state index in [1.807, 2.05) is 6.26 Å². The molecule has 0 saturated carbocycles. The van der Waals surface area contributed by atoms with E-state index in [9.17, 15) is 18.0 Å². The molecule has 6 heteroatoms. The van der Waals surface area contributed by atoms with Crippen LogP contribution in [0.1, 0.15) is 21.5 Å². The normalized spacial score (nSPS) is 11.3. The number of amides is 1. The summed E-state index contributed by atoms with van der Waals surface area (Å²) in [7, 11) is 0. The predicted octanol–water partition coefficient (Wildman–Crippen LogP) is 4.99. The van der Waals surface area contributed by atoms with Crippen LogP contribution in [-0.4, -0.2) is 12.2 Å². The Morgan fingerprint density at radius 3 is 2.45 bits per heavy atom. The molecule has 0 aliphatic carbocycles. The molecule has 0 spiro atoms. The van der Waals surface area contributed by atoms with Crippen LogP contribution in [0, 0.1) is 6.92 Å². The molecular formula is C16H14F3NOS. The summed E-state index contributed by atoms with van der Waals surface area (Å²) in [5.41, 5.74) is -0.0681. The van der Waals surface area contributed by atoms with Gasteiger partial charge in [-0.3, -0.25) is 4.79 Å². The van der Waals surface area contributed by atoms with Gasteiger partial charge in [0.15, 0.2) is 0 Å². The standard InChI is InChI=1S/C16H14F3NOS/c1-10-7-8-11(9-13(10)16(17,18)19)20-15(21)12-5-3-4-6-14(12)22-2/h3-9H,1-2H3,(H,20,21). The van der Waals surface area contributed by atoms with Crippen LogP contribution in [0.4, 0.5) is 18.9 Å². The average Bonchev–Trinajstić information content (AvgIpc) is 2.48. The lowest BCUT2D eigenvalue weighted by Gasteiger charge is -2.13. The molecule has 0 saturated heterocycles. The Morgan fingerprint density at radius 1 is 1.14 bits per heavy atom. The molecule has 0 bridgehead atoms. The van der Waals surface area contributed by atoms with Gasteiger partial charge in [0.25, 0.3) is 5.91 Å². The lowest BCUT2D eigenvalue weighted by atomic mass is 10.1. The maximum absolute atomic E-state index is 12.9. The largest absolute Gasteiger partial charge is 0.416 e. The summed E-state index contributed by atoms with van der Waals surface area (Å²) in [4.78, 5) is 13.0. The molecule has 0 radical (unpaired) electrons. The molecule has 2 nitrogen and oxygen atoms in total. The zero-order valence-electron chi connectivity index (χ0n) is 12.0. The van der Waals surface area contributed by atoms with Gasteiger partial charge in [-0.15, -0.1) is 11.8 Å². The SMILES string of the molecule is CSc1ccccc1C(=O)Nc1ccc(C)c(C(F)(F)F)c1. The van der Waals surface area contributed by atoms with Crippen molar-refractivity contribution in [3.8, 4) is 0 Å². The zero-order chi connectivity index (χ0) is 16.3. The Balaban J connectivity index is 2.29. The van der Waals surface area contributed by atoms with Crippen LogP contribution in [0.3, 0.4) is 0 Å². The molecule has 0 aliphatic heterocycles. The van der Waals surface area contributed by atoms with E-state index in [0.29, 0.717) is 5.56 Å². The number of hydrogen-bond donors (Lipinski definition) is 1. The summed E-state index contributed by atoms with van der Waals surface area (Å²) in [6.45, 7) is 1.39. The van der Waals surface area contributed by atoms with Gasteiger partial charge in [0.2, 0.25) is 0 Å². The molecular weight excluding hydrogens is 311 g/mol. The molecule has 2 rings (SSSR count). The van der Waals surface area contributed by atoms with E-state index < -0.39 is 17.6 Å². The Hall–Kier alpha value is -1.95. The molecule has 0 heterocycles. The van der Waals surface area contributed by atoms with Gasteiger partial charge < -0.3 is 5.32 Å². The first-order valence-corrected chi connectivity index (χ1v) is 7.67. The second-order valence-corrected chi connectivity index (χ2v) is 5.53. The molecule has 0 aliphatic rings. The molecule has 22 heavy (non-hydrogen) atoms. The number of rotatable bonds is 3. The number of nitrogens with one attached hydrogen (secondary N) is 1. The quantitative estimate of drug-likeness (QED) is 0.806. The van der Waals surface area contributed by atoms with Crippen LogP contribution in [0.15, 0.2) is 47.4 Å². The zero-order valence-corrected chi connectivity index (χ0v) is 12.8. The van der Waals surface area contributed by atoms with E-state index in [2.05, 4.69) is 5.32 Å². The summed E-state index contributed by atoms with van der Waals surface area (Å²) in [6.07, 6.45) is -2.61. The molecule has 1 N–H and O–H groups in total. The van der Waals surface area contributed by atoms with E-state index in [-0.39, 0.29) is 11.3 Å². The topological polar surface area (TPSA) is 29.1 Å². The van der Waals surface area contributed by atoms with Crippen LogP contribution >= 0.6 is 11.8 Å². The van der Waals surface area contributed by atoms with Crippen molar-refractivity contribution in [3.05, 3.63) is 59.2 Å². The number of thioether (sulfide) groups is 1. The van der Waals surface area contributed by atoms with Gasteiger partial charge in [-0.1, -0.05) is 18.2 Å². The fraction of sp³-hybridized carbons (Fsp3) is 0.188. The number of alkyl halides is 3. The third kappa shape index (κ3) is 3.62. The van der Waals surface area contributed by atoms with E-state index in [4.69, 9.17) is 0 Å².